The van der Waals surface area contributed by atoms with Gasteiger partial charge in [-0.25, -0.2) is 20.2 Å². The molecule has 0 radical (unpaired) electrons. The standard InChI is InChI=1S/C12H12BrFN4/c1-7-11(14)12(18-15)17-10(16-7)6-8-2-4-9(13)5-3-8/h2-5H,6,15H2,1H3,(H,16,17,18). The zero-order valence-electron chi connectivity index (χ0n) is 9.74. The highest BCUT2D eigenvalue weighted by Crippen LogP contribution is 2.16. The molecule has 0 saturated carbocycles. The van der Waals surface area contributed by atoms with Crippen LogP contribution in [-0.4, -0.2) is 9.97 Å². The van der Waals surface area contributed by atoms with Gasteiger partial charge in [-0.05, 0) is 24.6 Å². The van der Waals surface area contributed by atoms with Crippen molar-refractivity contribution in [3.8, 4) is 0 Å². The predicted octanol–water partition coefficient (Wildman–Crippen LogP) is 2.56. The monoisotopic (exact) mass is 310 g/mol. The summed E-state index contributed by atoms with van der Waals surface area (Å²) in [4.78, 5) is 8.14. The fourth-order valence-electron chi connectivity index (χ4n) is 1.58. The number of aromatic nitrogens is 2. The van der Waals surface area contributed by atoms with Crippen molar-refractivity contribution < 1.29 is 4.39 Å². The van der Waals surface area contributed by atoms with Crippen molar-refractivity contribution in [2.24, 2.45) is 5.84 Å². The molecule has 0 atom stereocenters. The van der Waals surface area contributed by atoms with Crippen LogP contribution in [0.15, 0.2) is 28.7 Å². The average molecular weight is 311 g/mol. The number of hydrogen-bond acceptors (Lipinski definition) is 4. The molecular weight excluding hydrogens is 299 g/mol. The third-order valence-corrected chi connectivity index (χ3v) is 3.00. The zero-order valence-corrected chi connectivity index (χ0v) is 11.3. The van der Waals surface area contributed by atoms with E-state index in [0.29, 0.717) is 12.2 Å². The van der Waals surface area contributed by atoms with Crippen LogP contribution in [-0.2, 0) is 6.42 Å². The van der Waals surface area contributed by atoms with Gasteiger partial charge in [-0.3, -0.25) is 0 Å². The lowest BCUT2D eigenvalue weighted by Gasteiger charge is -2.07. The molecular formula is C12H12BrFN4. The Kier molecular flexibility index (Phi) is 3.88. The summed E-state index contributed by atoms with van der Waals surface area (Å²) in [5.41, 5.74) is 3.57. The van der Waals surface area contributed by atoms with Gasteiger partial charge in [0.1, 0.15) is 5.82 Å². The number of halogens is 2. The van der Waals surface area contributed by atoms with Crippen LogP contribution in [0.4, 0.5) is 10.2 Å². The van der Waals surface area contributed by atoms with E-state index in [1.807, 2.05) is 24.3 Å². The maximum Gasteiger partial charge on any atom is 0.187 e. The summed E-state index contributed by atoms with van der Waals surface area (Å²) in [6, 6.07) is 7.80. The van der Waals surface area contributed by atoms with Crippen molar-refractivity contribution in [2.45, 2.75) is 13.3 Å². The number of aryl methyl sites for hydroxylation is 1. The lowest BCUT2D eigenvalue weighted by atomic mass is 10.1. The van der Waals surface area contributed by atoms with E-state index in [2.05, 4.69) is 31.3 Å². The number of hydrogen-bond donors (Lipinski definition) is 2. The van der Waals surface area contributed by atoms with E-state index in [1.54, 1.807) is 6.92 Å². The van der Waals surface area contributed by atoms with Gasteiger partial charge >= 0.3 is 0 Å². The minimum absolute atomic E-state index is 0.0228. The lowest BCUT2D eigenvalue weighted by Crippen LogP contribution is -2.14. The Morgan fingerprint density at radius 1 is 1.28 bits per heavy atom. The van der Waals surface area contributed by atoms with Crippen molar-refractivity contribution in [2.75, 3.05) is 5.43 Å². The number of nitrogens with one attached hydrogen (secondary N) is 1. The Morgan fingerprint density at radius 3 is 2.56 bits per heavy atom. The number of benzene rings is 1. The molecule has 0 aliphatic rings. The lowest BCUT2D eigenvalue weighted by molar-refractivity contribution is 0.601. The highest BCUT2D eigenvalue weighted by molar-refractivity contribution is 9.10. The molecule has 0 saturated heterocycles. The third-order valence-electron chi connectivity index (χ3n) is 2.48. The first-order valence-corrected chi connectivity index (χ1v) is 6.13. The van der Waals surface area contributed by atoms with Gasteiger partial charge in [0.15, 0.2) is 11.6 Å². The van der Waals surface area contributed by atoms with E-state index >= 15 is 0 Å². The molecule has 6 heteroatoms. The summed E-state index contributed by atoms with van der Waals surface area (Å²) >= 11 is 3.37. The summed E-state index contributed by atoms with van der Waals surface area (Å²) in [6.07, 6.45) is 0.531. The SMILES string of the molecule is Cc1nc(Cc2ccc(Br)cc2)nc(NN)c1F. The number of hydrazine groups is 1. The summed E-state index contributed by atoms with van der Waals surface area (Å²) in [6.45, 7) is 1.59. The molecule has 0 amide bonds. The van der Waals surface area contributed by atoms with Gasteiger partial charge < -0.3 is 5.43 Å². The number of nitrogens with zero attached hydrogens (tertiary/aromatic N) is 2. The third kappa shape index (κ3) is 2.83. The van der Waals surface area contributed by atoms with E-state index in [0.717, 1.165) is 10.0 Å². The quantitative estimate of drug-likeness (QED) is 0.675. The first-order valence-electron chi connectivity index (χ1n) is 5.34. The van der Waals surface area contributed by atoms with Crippen molar-refractivity contribution >= 4 is 21.7 Å². The van der Waals surface area contributed by atoms with Crippen LogP contribution in [0.5, 0.6) is 0 Å². The van der Waals surface area contributed by atoms with Crippen LogP contribution in [0.25, 0.3) is 0 Å². The highest BCUT2D eigenvalue weighted by atomic mass is 79.9. The second-order valence-electron chi connectivity index (χ2n) is 3.84. The molecule has 2 aromatic rings. The molecule has 1 aromatic carbocycles. The van der Waals surface area contributed by atoms with Crippen LogP contribution in [0.1, 0.15) is 17.1 Å². The number of anilines is 1. The van der Waals surface area contributed by atoms with Crippen LogP contribution in [0, 0.1) is 12.7 Å². The first kappa shape index (κ1) is 12.9. The molecule has 0 fully saturated rings. The van der Waals surface area contributed by atoms with Gasteiger partial charge in [-0.1, -0.05) is 28.1 Å². The van der Waals surface area contributed by atoms with Gasteiger partial charge in [-0.2, -0.15) is 0 Å². The maximum absolute atomic E-state index is 13.5. The van der Waals surface area contributed by atoms with E-state index in [4.69, 9.17) is 5.84 Å². The summed E-state index contributed by atoms with van der Waals surface area (Å²) < 4.78 is 14.5. The second kappa shape index (κ2) is 5.41. The Morgan fingerprint density at radius 2 is 1.94 bits per heavy atom. The predicted molar refractivity (Wildman–Crippen MR) is 71.5 cm³/mol. The van der Waals surface area contributed by atoms with Crippen LogP contribution < -0.4 is 11.3 Å². The topological polar surface area (TPSA) is 63.8 Å². The Bertz CT molecular complexity index is 557. The molecule has 0 unspecified atom stereocenters. The number of nitrogens with two attached hydrogens (primary N) is 1. The molecule has 0 aliphatic heterocycles. The van der Waals surface area contributed by atoms with E-state index in [9.17, 15) is 4.39 Å². The fourth-order valence-corrected chi connectivity index (χ4v) is 1.84. The van der Waals surface area contributed by atoms with Crippen LogP contribution >= 0.6 is 15.9 Å². The highest BCUT2D eigenvalue weighted by Gasteiger charge is 2.10. The molecule has 0 aliphatic carbocycles. The van der Waals surface area contributed by atoms with E-state index in [-0.39, 0.29) is 11.5 Å². The first-order chi connectivity index (χ1) is 8.60. The molecule has 1 heterocycles. The summed E-state index contributed by atoms with van der Waals surface area (Å²) in [5.74, 6) is 5.25. The molecule has 18 heavy (non-hydrogen) atoms. The van der Waals surface area contributed by atoms with Crippen LogP contribution in [0.3, 0.4) is 0 Å². The summed E-state index contributed by atoms with van der Waals surface area (Å²) in [7, 11) is 0. The molecule has 0 spiro atoms. The van der Waals surface area contributed by atoms with Gasteiger partial charge in [-0.15, -0.1) is 0 Å². The van der Waals surface area contributed by atoms with Crippen molar-refractivity contribution in [3.63, 3.8) is 0 Å². The van der Waals surface area contributed by atoms with E-state index in [1.165, 1.54) is 0 Å². The Hall–Kier alpha value is -1.53. The largest absolute Gasteiger partial charge is 0.306 e. The Balaban J connectivity index is 2.29. The Labute approximate surface area is 113 Å². The second-order valence-corrected chi connectivity index (χ2v) is 4.75. The fraction of sp³-hybridized carbons (Fsp3) is 0.167. The van der Waals surface area contributed by atoms with Gasteiger partial charge in [0.25, 0.3) is 0 Å². The minimum atomic E-state index is -0.517. The van der Waals surface area contributed by atoms with Crippen molar-refractivity contribution in [1.82, 2.24) is 9.97 Å². The van der Waals surface area contributed by atoms with Gasteiger partial charge in [0.05, 0.1) is 5.69 Å². The number of nitrogen functional groups attached to an aromatic ring is 1. The van der Waals surface area contributed by atoms with Gasteiger partial charge in [0.2, 0.25) is 0 Å². The average Bonchev–Trinajstić information content (AvgIpc) is 2.36. The number of rotatable bonds is 3. The normalized spacial score (nSPS) is 10.4. The van der Waals surface area contributed by atoms with Gasteiger partial charge in [0, 0.05) is 10.9 Å². The molecule has 1 aromatic heterocycles. The minimum Gasteiger partial charge on any atom is -0.306 e. The molecule has 94 valence electrons. The molecule has 0 bridgehead atoms. The smallest absolute Gasteiger partial charge is 0.187 e. The molecule has 3 N–H and O–H groups in total. The van der Waals surface area contributed by atoms with E-state index < -0.39 is 5.82 Å². The van der Waals surface area contributed by atoms with Crippen molar-refractivity contribution in [1.29, 1.82) is 0 Å². The maximum atomic E-state index is 13.5. The molecule has 4 nitrogen and oxygen atoms in total. The van der Waals surface area contributed by atoms with Crippen molar-refractivity contribution in [3.05, 3.63) is 51.6 Å². The molecule has 2 rings (SSSR count). The zero-order chi connectivity index (χ0) is 13.1. The summed E-state index contributed by atoms with van der Waals surface area (Å²) in [5, 5.41) is 0. The van der Waals surface area contributed by atoms with Crippen LogP contribution in [0.2, 0.25) is 0 Å².